The molecule has 2 aromatic rings. The minimum atomic E-state index is -0.221. The molecule has 0 fully saturated rings. The molecule has 0 spiro atoms. The Bertz CT molecular complexity index is 598. The van der Waals surface area contributed by atoms with Crippen molar-refractivity contribution in [3.63, 3.8) is 0 Å². The maximum absolute atomic E-state index is 11.7. The van der Waals surface area contributed by atoms with Crippen LogP contribution in [0.25, 0.3) is 0 Å². The van der Waals surface area contributed by atoms with Crippen LogP contribution in [-0.2, 0) is 0 Å². The van der Waals surface area contributed by atoms with E-state index in [0.717, 1.165) is 10.2 Å². The molecule has 6 heteroatoms. The standard InChI is InChI=1S/C14H15BrN4O/c1-9(2)18-14(20)12-7-17-13(8-16-12)19-11-5-3-4-10(15)6-11/h3-9H,1-2H3,(H,17,19)(H,18,20). The van der Waals surface area contributed by atoms with Crippen molar-refractivity contribution < 1.29 is 4.79 Å². The number of benzene rings is 1. The second-order valence-electron chi connectivity index (χ2n) is 4.55. The van der Waals surface area contributed by atoms with Crippen molar-refractivity contribution in [2.24, 2.45) is 0 Å². The van der Waals surface area contributed by atoms with Gasteiger partial charge in [-0.1, -0.05) is 22.0 Å². The van der Waals surface area contributed by atoms with Crippen molar-refractivity contribution in [2.75, 3.05) is 5.32 Å². The van der Waals surface area contributed by atoms with Crippen molar-refractivity contribution in [1.29, 1.82) is 0 Å². The molecule has 0 radical (unpaired) electrons. The number of anilines is 2. The highest BCUT2D eigenvalue weighted by Gasteiger charge is 2.08. The molecule has 5 nitrogen and oxygen atoms in total. The van der Waals surface area contributed by atoms with Gasteiger partial charge in [0, 0.05) is 16.2 Å². The Morgan fingerprint density at radius 1 is 1.25 bits per heavy atom. The lowest BCUT2D eigenvalue weighted by Gasteiger charge is -2.08. The van der Waals surface area contributed by atoms with Gasteiger partial charge in [0.15, 0.2) is 0 Å². The summed E-state index contributed by atoms with van der Waals surface area (Å²) >= 11 is 3.40. The Kier molecular flexibility index (Phi) is 4.68. The maximum Gasteiger partial charge on any atom is 0.271 e. The Morgan fingerprint density at radius 3 is 2.65 bits per heavy atom. The molecular formula is C14H15BrN4O. The summed E-state index contributed by atoms with van der Waals surface area (Å²) in [5, 5.41) is 5.88. The van der Waals surface area contributed by atoms with Gasteiger partial charge in [-0.2, -0.15) is 0 Å². The van der Waals surface area contributed by atoms with Crippen LogP contribution in [0, 0.1) is 0 Å². The normalized spacial score (nSPS) is 10.4. The number of rotatable bonds is 4. The second kappa shape index (κ2) is 6.47. The first-order chi connectivity index (χ1) is 9.54. The summed E-state index contributed by atoms with van der Waals surface area (Å²) in [4.78, 5) is 20.0. The van der Waals surface area contributed by atoms with Crippen LogP contribution in [0.1, 0.15) is 24.3 Å². The summed E-state index contributed by atoms with van der Waals surface area (Å²) < 4.78 is 0.975. The third kappa shape index (κ3) is 4.03. The average molecular weight is 335 g/mol. The molecule has 0 unspecified atom stereocenters. The van der Waals surface area contributed by atoms with E-state index in [4.69, 9.17) is 0 Å². The molecule has 104 valence electrons. The number of halogens is 1. The summed E-state index contributed by atoms with van der Waals surface area (Å²) in [6.07, 6.45) is 2.99. The maximum atomic E-state index is 11.7. The average Bonchev–Trinajstić information content (AvgIpc) is 2.38. The Hall–Kier alpha value is -1.95. The van der Waals surface area contributed by atoms with Gasteiger partial charge >= 0.3 is 0 Å². The van der Waals surface area contributed by atoms with Gasteiger partial charge in [0.25, 0.3) is 5.91 Å². The van der Waals surface area contributed by atoms with E-state index < -0.39 is 0 Å². The molecule has 1 aromatic carbocycles. The molecule has 1 aromatic heterocycles. The van der Waals surface area contributed by atoms with Crippen LogP contribution in [0.4, 0.5) is 11.5 Å². The topological polar surface area (TPSA) is 66.9 Å². The monoisotopic (exact) mass is 334 g/mol. The Balaban J connectivity index is 2.07. The van der Waals surface area contributed by atoms with Gasteiger partial charge in [-0.05, 0) is 32.0 Å². The highest BCUT2D eigenvalue weighted by Crippen LogP contribution is 2.18. The fourth-order valence-electron chi connectivity index (χ4n) is 1.56. The van der Waals surface area contributed by atoms with Crippen molar-refractivity contribution in [3.05, 3.63) is 46.8 Å². The van der Waals surface area contributed by atoms with E-state index in [1.807, 2.05) is 38.1 Å². The summed E-state index contributed by atoms with van der Waals surface area (Å²) in [5.41, 5.74) is 1.20. The van der Waals surface area contributed by atoms with Crippen LogP contribution in [-0.4, -0.2) is 21.9 Å². The molecule has 0 saturated carbocycles. The van der Waals surface area contributed by atoms with Crippen LogP contribution in [0.15, 0.2) is 41.1 Å². The third-order valence-corrected chi connectivity index (χ3v) is 2.89. The largest absolute Gasteiger partial charge is 0.348 e. The number of nitrogens with one attached hydrogen (secondary N) is 2. The summed E-state index contributed by atoms with van der Waals surface area (Å²) in [6.45, 7) is 3.79. The second-order valence-corrected chi connectivity index (χ2v) is 5.47. The van der Waals surface area contributed by atoms with E-state index in [9.17, 15) is 4.79 Å². The SMILES string of the molecule is CC(C)NC(=O)c1cnc(Nc2cccc(Br)c2)cn1. The molecule has 2 N–H and O–H groups in total. The number of hydrogen-bond donors (Lipinski definition) is 2. The molecule has 0 bridgehead atoms. The molecule has 0 aliphatic rings. The lowest BCUT2D eigenvalue weighted by molar-refractivity contribution is 0.0937. The lowest BCUT2D eigenvalue weighted by Crippen LogP contribution is -2.30. The van der Waals surface area contributed by atoms with Crippen LogP contribution in [0.3, 0.4) is 0 Å². The van der Waals surface area contributed by atoms with E-state index >= 15 is 0 Å². The number of nitrogens with zero attached hydrogens (tertiary/aromatic N) is 2. The molecule has 0 atom stereocenters. The van der Waals surface area contributed by atoms with Gasteiger partial charge in [0.1, 0.15) is 11.5 Å². The van der Waals surface area contributed by atoms with Crippen LogP contribution in [0.5, 0.6) is 0 Å². The van der Waals surface area contributed by atoms with E-state index in [-0.39, 0.29) is 11.9 Å². The molecule has 0 aliphatic carbocycles. The summed E-state index contributed by atoms with van der Waals surface area (Å²) in [6, 6.07) is 7.79. The first-order valence-electron chi connectivity index (χ1n) is 6.20. The zero-order chi connectivity index (χ0) is 14.5. The van der Waals surface area contributed by atoms with Crippen molar-refractivity contribution >= 4 is 33.3 Å². The van der Waals surface area contributed by atoms with Crippen molar-refractivity contribution in [3.8, 4) is 0 Å². The number of amides is 1. The number of aromatic nitrogens is 2. The predicted molar refractivity (Wildman–Crippen MR) is 82.1 cm³/mol. The van der Waals surface area contributed by atoms with Gasteiger partial charge < -0.3 is 10.6 Å². The first kappa shape index (κ1) is 14.5. The molecule has 0 aliphatic heterocycles. The summed E-state index contributed by atoms with van der Waals surface area (Å²) in [5.74, 6) is 0.366. The molecular weight excluding hydrogens is 320 g/mol. The van der Waals surface area contributed by atoms with E-state index in [2.05, 4.69) is 36.5 Å². The van der Waals surface area contributed by atoms with Gasteiger partial charge in [-0.25, -0.2) is 9.97 Å². The van der Waals surface area contributed by atoms with Gasteiger partial charge in [-0.15, -0.1) is 0 Å². The highest BCUT2D eigenvalue weighted by molar-refractivity contribution is 9.10. The highest BCUT2D eigenvalue weighted by atomic mass is 79.9. The van der Waals surface area contributed by atoms with Crippen molar-refractivity contribution in [1.82, 2.24) is 15.3 Å². The van der Waals surface area contributed by atoms with Crippen LogP contribution < -0.4 is 10.6 Å². The third-order valence-electron chi connectivity index (χ3n) is 2.40. The molecule has 1 amide bonds. The first-order valence-corrected chi connectivity index (χ1v) is 6.99. The predicted octanol–water partition coefficient (Wildman–Crippen LogP) is 3.12. The number of carbonyl (C=O) groups is 1. The molecule has 0 saturated heterocycles. The number of carbonyl (C=O) groups excluding carboxylic acids is 1. The minimum absolute atomic E-state index is 0.0729. The Labute approximate surface area is 126 Å². The van der Waals surface area contributed by atoms with Crippen molar-refractivity contribution in [2.45, 2.75) is 19.9 Å². The Morgan fingerprint density at radius 2 is 2.05 bits per heavy atom. The number of hydrogen-bond acceptors (Lipinski definition) is 4. The van der Waals surface area contributed by atoms with E-state index in [1.165, 1.54) is 12.4 Å². The molecule has 1 heterocycles. The van der Waals surface area contributed by atoms with E-state index in [0.29, 0.717) is 11.5 Å². The van der Waals surface area contributed by atoms with Gasteiger partial charge in [-0.3, -0.25) is 4.79 Å². The zero-order valence-corrected chi connectivity index (χ0v) is 12.8. The van der Waals surface area contributed by atoms with Crippen LogP contribution >= 0.6 is 15.9 Å². The molecule has 2 rings (SSSR count). The fourth-order valence-corrected chi connectivity index (χ4v) is 1.96. The fraction of sp³-hybridized carbons (Fsp3) is 0.214. The minimum Gasteiger partial charge on any atom is -0.348 e. The summed E-state index contributed by atoms with van der Waals surface area (Å²) in [7, 11) is 0. The lowest BCUT2D eigenvalue weighted by atomic mass is 10.3. The molecule has 20 heavy (non-hydrogen) atoms. The van der Waals surface area contributed by atoms with E-state index in [1.54, 1.807) is 0 Å². The quantitative estimate of drug-likeness (QED) is 0.901. The van der Waals surface area contributed by atoms with Crippen LogP contribution in [0.2, 0.25) is 0 Å². The smallest absolute Gasteiger partial charge is 0.271 e. The van der Waals surface area contributed by atoms with Gasteiger partial charge in [0.05, 0.1) is 12.4 Å². The zero-order valence-electron chi connectivity index (χ0n) is 11.2. The van der Waals surface area contributed by atoms with Gasteiger partial charge in [0.2, 0.25) is 0 Å².